The highest BCUT2D eigenvalue weighted by Gasteiger charge is 2.07. The number of hydrogen-bond donors (Lipinski definition) is 2. The first-order valence-corrected chi connectivity index (χ1v) is 7.26. The van der Waals surface area contributed by atoms with Crippen LogP contribution in [0.5, 0.6) is 0 Å². The summed E-state index contributed by atoms with van der Waals surface area (Å²) >= 11 is 1.32. The zero-order chi connectivity index (χ0) is 15.0. The summed E-state index contributed by atoms with van der Waals surface area (Å²) in [5, 5.41) is 2.59. The van der Waals surface area contributed by atoms with E-state index in [1.807, 2.05) is 0 Å². The normalized spacial score (nSPS) is 10.1. The van der Waals surface area contributed by atoms with Crippen molar-refractivity contribution in [3.8, 4) is 0 Å². The van der Waals surface area contributed by atoms with Gasteiger partial charge >= 0.3 is 5.97 Å². The number of anilines is 2. The Morgan fingerprint density at radius 3 is 2.85 bits per heavy atom. The van der Waals surface area contributed by atoms with E-state index in [9.17, 15) is 14.0 Å². The lowest BCUT2D eigenvalue weighted by molar-refractivity contribution is -0.139. The van der Waals surface area contributed by atoms with Gasteiger partial charge in [-0.25, -0.2) is 4.39 Å². The number of nitrogen functional groups attached to an aromatic ring is 1. The molecule has 1 aromatic carbocycles. The van der Waals surface area contributed by atoms with Crippen LogP contribution in [0, 0.1) is 5.82 Å². The summed E-state index contributed by atoms with van der Waals surface area (Å²) in [5.41, 5.74) is 6.14. The fourth-order valence-electron chi connectivity index (χ4n) is 1.38. The molecule has 0 aromatic heterocycles. The van der Waals surface area contributed by atoms with Gasteiger partial charge in [-0.1, -0.05) is 0 Å². The maximum absolute atomic E-state index is 12.8. The van der Waals surface area contributed by atoms with E-state index in [0.29, 0.717) is 18.0 Å². The molecule has 0 saturated carbocycles. The molecule has 1 rings (SSSR count). The minimum absolute atomic E-state index is 0.178. The van der Waals surface area contributed by atoms with Crippen LogP contribution in [0.15, 0.2) is 18.2 Å². The topological polar surface area (TPSA) is 81.4 Å². The molecule has 0 unspecified atom stereocenters. The zero-order valence-electron chi connectivity index (χ0n) is 11.1. The molecular weight excluding hydrogens is 283 g/mol. The monoisotopic (exact) mass is 300 g/mol. The number of thioether (sulfide) groups is 1. The van der Waals surface area contributed by atoms with E-state index in [1.54, 1.807) is 6.92 Å². The molecule has 0 spiro atoms. The molecule has 3 N–H and O–H groups in total. The number of carbonyl (C=O) groups is 2. The molecule has 110 valence electrons. The van der Waals surface area contributed by atoms with Crippen LogP contribution in [0.3, 0.4) is 0 Å². The summed E-state index contributed by atoms with van der Waals surface area (Å²) in [7, 11) is 0. The van der Waals surface area contributed by atoms with Gasteiger partial charge in [0.15, 0.2) is 0 Å². The van der Waals surface area contributed by atoms with Gasteiger partial charge in [-0.3, -0.25) is 9.59 Å². The molecule has 1 amide bonds. The standard InChI is InChI=1S/C13H17FN2O3S/c1-2-19-13(18)8-20-6-5-12(17)16-11-4-3-9(14)7-10(11)15/h3-4,7H,2,5-6,8,15H2,1H3,(H,16,17). The first-order valence-electron chi connectivity index (χ1n) is 6.11. The Morgan fingerprint density at radius 2 is 2.20 bits per heavy atom. The summed E-state index contributed by atoms with van der Waals surface area (Å²) < 4.78 is 17.6. The second-order valence-corrected chi connectivity index (χ2v) is 4.99. The molecule has 7 heteroatoms. The van der Waals surface area contributed by atoms with Crippen molar-refractivity contribution >= 4 is 35.0 Å². The van der Waals surface area contributed by atoms with Crippen LogP contribution < -0.4 is 11.1 Å². The zero-order valence-corrected chi connectivity index (χ0v) is 12.0. The minimum atomic E-state index is -0.453. The first-order chi connectivity index (χ1) is 9.52. The Bertz CT molecular complexity index is 483. The van der Waals surface area contributed by atoms with E-state index in [1.165, 1.54) is 23.9 Å². The molecule has 0 aliphatic carbocycles. The third-order valence-electron chi connectivity index (χ3n) is 2.29. The smallest absolute Gasteiger partial charge is 0.315 e. The van der Waals surface area contributed by atoms with Crippen molar-refractivity contribution in [2.45, 2.75) is 13.3 Å². The number of nitrogens with one attached hydrogen (secondary N) is 1. The maximum Gasteiger partial charge on any atom is 0.315 e. The average Bonchev–Trinajstić information content (AvgIpc) is 2.38. The van der Waals surface area contributed by atoms with Gasteiger partial charge in [-0.15, -0.1) is 11.8 Å². The van der Waals surface area contributed by atoms with Crippen molar-refractivity contribution < 1.29 is 18.7 Å². The largest absolute Gasteiger partial charge is 0.465 e. The van der Waals surface area contributed by atoms with Gasteiger partial charge in [-0.05, 0) is 25.1 Å². The van der Waals surface area contributed by atoms with Gasteiger partial charge in [0.1, 0.15) is 5.82 Å². The van der Waals surface area contributed by atoms with Crippen molar-refractivity contribution in [3.63, 3.8) is 0 Å². The van der Waals surface area contributed by atoms with Crippen LogP contribution in [0.1, 0.15) is 13.3 Å². The molecule has 0 atom stereocenters. The molecule has 0 heterocycles. The molecule has 5 nitrogen and oxygen atoms in total. The quantitative estimate of drug-likeness (QED) is 0.457. The van der Waals surface area contributed by atoms with E-state index in [-0.39, 0.29) is 29.7 Å². The number of hydrogen-bond acceptors (Lipinski definition) is 5. The lowest BCUT2D eigenvalue weighted by Gasteiger charge is -2.08. The molecule has 0 aliphatic rings. The van der Waals surface area contributed by atoms with Crippen LogP contribution in [-0.4, -0.2) is 30.0 Å². The van der Waals surface area contributed by atoms with Gasteiger partial charge in [-0.2, -0.15) is 0 Å². The number of carbonyl (C=O) groups excluding carboxylic acids is 2. The number of halogens is 1. The molecule has 20 heavy (non-hydrogen) atoms. The number of rotatable bonds is 7. The fraction of sp³-hybridized carbons (Fsp3) is 0.385. The second kappa shape index (κ2) is 8.42. The Morgan fingerprint density at radius 1 is 1.45 bits per heavy atom. The van der Waals surface area contributed by atoms with Crippen molar-refractivity contribution in [3.05, 3.63) is 24.0 Å². The van der Waals surface area contributed by atoms with E-state index in [0.717, 1.165) is 6.07 Å². The van der Waals surface area contributed by atoms with Crippen LogP contribution in [0.25, 0.3) is 0 Å². The van der Waals surface area contributed by atoms with E-state index in [4.69, 9.17) is 10.5 Å². The van der Waals surface area contributed by atoms with E-state index >= 15 is 0 Å². The maximum atomic E-state index is 12.8. The van der Waals surface area contributed by atoms with Gasteiger partial charge in [0.2, 0.25) is 5.91 Å². The number of ether oxygens (including phenoxy) is 1. The predicted molar refractivity (Wildman–Crippen MR) is 78.0 cm³/mol. The van der Waals surface area contributed by atoms with E-state index < -0.39 is 5.82 Å². The Labute approximate surface area is 121 Å². The highest BCUT2D eigenvalue weighted by Crippen LogP contribution is 2.19. The van der Waals surface area contributed by atoms with Gasteiger partial charge < -0.3 is 15.8 Å². The molecule has 0 saturated heterocycles. The second-order valence-electron chi connectivity index (χ2n) is 3.89. The summed E-state index contributed by atoms with van der Waals surface area (Å²) in [6.07, 6.45) is 0.237. The Kier molecular flexibility index (Phi) is 6.86. The molecule has 0 fully saturated rings. The van der Waals surface area contributed by atoms with Gasteiger partial charge in [0.25, 0.3) is 0 Å². The van der Waals surface area contributed by atoms with Crippen molar-refractivity contribution in [2.24, 2.45) is 0 Å². The Hall–Kier alpha value is -1.76. The molecule has 0 aliphatic heterocycles. The highest BCUT2D eigenvalue weighted by molar-refractivity contribution is 7.99. The van der Waals surface area contributed by atoms with Crippen LogP contribution >= 0.6 is 11.8 Å². The van der Waals surface area contributed by atoms with Crippen LogP contribution in [0.2, 0.25) is 0 Å². The lowest BCUT2D eigenvalue weighted by atomic mass is 10.2. The van der Waals surface area contributed by atoms with Gasteiger partial charge in [0, 0.05) is 12.2 Å². The summed E-state index contributed by atoms with van der Waals surface area (Å²) in [6.45, 7) is 2.09. The van der Waals surface area contributed by atoms with E-state index in [2.05, 4.69) is 5.32 Å². The first kappa shape index (κ1) is 16.3. The fourth-order valence-corrected chi connectivity index (χ4v) is 2.11. The number of benzene rings is 1. The minimum Gasteiger partial charge on any atom is -0.465 e. The van der Waals surface area contributed by atoms with Gasteiger partial charge in [0.05, 0.1) is 23.7 Å². The molecule has 0 radical (unpaired) electrons. The number of esters is 1. The van der Waals surface area contributed by atoms with Crippen molar-refractivity contribution in [1.82, 2.24) is 0 Å². The van der Waals surface area contributed by atoms with Crippen LogP contribution in [0.4, 0.5) is 15.8 Å². The molecular formula is C13H17FN2O3S. The SMILES string of the molecule is CCOC(=O)CSCCC(=O)Nc1ccc(F)cc1N. The lowest BCUT2D eigenvalue weighted by Crippen LogP contribution is -2.14. The number of nitrogens with two attached hydrogens (primary N) is 1. The highest BCUT2D eigenvalue weighted by atomic mass is 32.2. The van der Waals surface area contributed by atoms with Crippen molar-refractivity contribution in [2.75, 3.05) is 29.2 Å². The van der Waals surface area contributed by atoms with Crippen molar-refractivity contribution in [1.29, 1.82) is 0 Å². The molecule has 0 bridgehead atoms. The predicted octanol–water partition coefficient (Wildman–Crippen LogP) is 2.03. The van der Waals surface area contributed by atoms with Crippen LogP contribution in [-0.2, 0) is 14.3 Å². The summed E-state index contributed by atoms with van der Waals surface area (Å²) in [5.74, 6) is -0.267. The average molecular weight is 300 g/mol. The number of amides is 1. The molecule has 1 aromatic rings. The summed E-state index contributed by atoms with van der Waals surface area (Å²) in [6, 6.07) is 3.78. The summed E-state index contributed by atoms with van der Waals surface area (Å²) in [4.78, 5) is 22.7. The third kappa shape index (κ3) is 5.92. The third-order valence-corrected chi connectivity index (χ3v) is 3.22. The Balaban J connectivity index is 2.28.